The minimum atomic E-state index is -4.70. The fourth-order valence-corrected chi connectivity index (χ4v) is 2.04. The Hall–Kier alpha value is -2.97. The summed E-state index contributed by atoms with van der Waals surface area (Å²) >= 11 is 0. The third-order valence-corrected chi connectivity index (χ3v) is 3.18. The van der Waals surface area contributed by atoms with E-state index in [0.717, 1.165) is 18.3 Å². The van der Waals surface area contributed by atoms with Crippen LogP contribution in [0.3, 0.4) is 0 Å². The zero-order valence-electron chi connectivity index (χ0n) is 11.9. The highest BCUT2D eigenvalue weighted by atomic mass is 19.4. The Labute approximate surface area is 132 Å². The lowest BCUT2D eigenvalue weighted by atomic mass is 10.1. The molecule has 0 aliphatic carbocycles. The summed E-state index contributed by atoms with van der Waals surface area (Å²) < 4.78 is 55.8. The molecule has 5 nitrogen and oxygen atoms in total. The molecule has 2 heterocycles. The van der Waals surface area contributed by atoms with Crippen LogP contribution in [0, 0.1) is 5.82 Å². The second kappa shape index (κ2) is 5.91. The van der Waals surface area contributed by atoms with Crippen molar-refractivity contribution in [2.24, 2.45) is 0 Å². The van der Waals surface area contributed by atoms with Gasteiger partial charge in [0.15, 0.2) is 0 Å². The molecule has 0 fully saturated rings. The Bertz CT molecular complexity index is 913. The average molecular weight is 339 g/mol. The number of hydrogen-bond donors (Lipinski definition) is 0. The summed E-state index contributed by atoms with van der Waals surface area (Å²) in [6.07, 6.45) is -3.63. The van der Waals surface area contributed by atoms with Crippen LogP contribution in [-0.4, -0.2) is 14.7 Å². The number of hydrogen-bond acceptors (Lipinski definition) is 4. The van der Waals surface area contributed by atoms with Crippen molar-refractivity contribution in [2.75, 3.05) is 0 Å². The van der Waals surface area contributed by atoms with E-state index >= 15 is 0 Å². The van der Waals surface area contributed by atoms with Gasteiger partial charge >= 0.3 is 12.1 Å². The average Bonchev–Trinajstić information content (AvgIpc) is 3.02. The highest BCUT2D eigenvalue weighted by molar-refractivity contribution is 5.54. The van der Waals surface area contributed by atoms with E-state index in [9.17, 15) is 22.4 Å². The number of aromatic nitrogens is 3. The van der Waals surface area contributed by atoms with Gasteiger partial charge in [0.05, 0.1) is 6.54 Å². The smallest absolute Gasteiger partial charge is 0.329 e. The van der Waals surface area contributed by atoms with Gasteiger partial charge in [-0.15, -0.1) is 0 Å². The Balaban J connectivity index is 1.82. The number of nitrogens with zero attached hydrogens (tertiary/aromatic N) is 3. The normalized spacial score (nSPS) is 11.7. The summed E-state index contributed by atoms with van der Waals surface area (Å²) in [4.78, 5) is 14.9. The van der Waals surface area contributed by atoms with Crippen molar-refractivity contribution in [1.82, 2.24) is 14.7 Å². The number of halogens is 4. The van der Waals surface area contributed by atoms with Crippen molar-refractivity contribution in [1.29, 1.82) is 0 Å². The molecule has 0 amide bonds. The number of benzene rings is 1. The van der Waals surface area contributed by atoms with Gasteiger partial charge in [0.1, 0.15) is 5.82 Å². The van der Waals surface area contributed by atoms with Crippen LogP contribution in [0.5, 0.6) is 0 Å². The van der Waals surface area contributed by atoms with Crippen LogP contribution >= 0.6 is 0 Å². The number of pyridine rings is 1. The predicted octanol–water partition coefficient (Wildman–Crippen LogP) is 3.10. The Morgan fingerprint density at radius 2 is 1.79 bits per heavy atom. The monoisotopic (exact) mass is 339 g/mol. The molecule has 0 aliphatic heterocycles. The molecule has 2 aromatic heterocycles. The SMILES string of the molecule is O=c1ccc(F)cn1Cc1ccc(-c2noc(C(F)(F)F)n2)cc1. The van der Waals surface area contributed by atoms with Gasteiger partial charge in [-0.2, -0.15) is 18.2 Å². The molecular weight excluding hydrogens is 330 g/mol. The Morgan fingerprint density at radius 3 is 2.42 bits per heavy atom. The number of rotatable bonds is 3. The van der Waals surface area contributed by atoms with Gasteiger partial charge in [-0.3, -0.25) is 4.79 Å². The summed E-state index contributed by atoms with van der Waals surface area (Å²) in [6.45, 7) is 0.122. The molecule has 0 N–H and O–H groups in total. The van der Waals surface area contributed by atoms with Gasteiger partial charge in [0, 0.05) is 17.8 Å². The van der Waals surface area contributed by atoms with Crippen LogP contribution in [0.4, 0.5) is 17.6 Å². The molecule has 124 valence electrons. The third-order valence-electron chi connectivity index (χ3n) is 3.18. The first kappa shape index (κ1) is 15.9. The van der Waals surface area contributed by atoms with E-state index in [-0.39, 0.29) is 17.9 Å². The number of alkyl halides is 3. The predicted molar refractivity (Wildman–Crippen MR) is 74.5 cm³/mol. The molecule has 0 atom stereocenters. The van der Waals surface area contributed by atoms with Crippen molar-refractivity contribution in [3.63, 3.8) is 0 Å². The van der Waals surface area contributed by atoms with E-state index in [0.29, 0.717) is 11.1 Å². The maximum atomic E-state index is 13.2. The molecular formula is C15H9F4N3O2. The zero-order chi connectivity index (χ0) is 17.3. The first-order valence-electron chi connectivity index (χ1n) is 6.69. The van der Waals surface area contributed by atoms with E-state index in [1.165, 1.54) is 16.7 Å². The largest absolute Gasteiger partial charge is 0.471 e. The topological polar surface area (TPSA) is 60.9 Å². The van der Waals surface area contributed by atoms with Gasteiger partial charge in [-0.05, 0) is 11.6 Å². The summed E-state index contributed by atoms with van der Waals surface area (Å²) in [5.74, 6) is -2.16. The molecule has 1 aromatic carbocycles. The molecule has 0 radical (unpaired) electrons. The molecule has 0 unspecified atom stereocenters. The molecule has 0 saturated heterocycles. The molecule has 0 aliphatic rings. The van der Waals surface area contributed by atoms with Gasteiger partial charge in [-0.25, -0.2) is 4.39 Å². The summed E-state index contributed by atoms with van der Waals surface area (Å²) in [6, 6.07) is 8.32. The third kappa shape index (κ3) is 3.34. The summed E-state index contributed by atoms with van der Waals surface area (Å²) in [5.41, 5.74) is 0.615. The standard InChI is InChI=1S/C15H9F4N3O2/c16-11-5-6-12(23)22(8-11)7-9-1-3-10(4-2-9)13-20-14(24-21-13)15(17,18)19/h1-6,8H,7H2. The fraction of sp³-hybridized carbons (Fsp3) is 0.133. The van der Waals surface area contributed by atoms with Gasteiger partial charge < -0.3 is 9.09 Å². The first-order valence-corrected chi connectivity index (χ1v) is 6.69. The molecule has 9 heteroatoms. The molecule has 0 saturated carbocycles. The van der Waals surface area contributed by atoms with Crippen molar-refractivity contribution in [3.8, 4) is 11.4 Å². The molecule has 0 spiro atoms. The van der Waals surface area contributed by atoms with Gasteiger partial charge in [0.25, 0.3) is 5.56 Å². The van der Waals surface area contributed by atoms with Crippen molar-refractivity contribution in [2.45, 2.75) is 12.7 Å². The summed E-state index contributed by atoms with van der Waals surface area (Å²) in [5, 5.41) is 3.28. The van der Waals surface area contributed by atoms with E-state index in [1.807, 2.05) is 0 Å². The molecule has 0 bridgehead atoms. The molecule has 3 rings (SSSR count). The van der Waals surface area contributed by atoms with Crippen molar-refractivity contribution in [3.05, 3.63) is 70.2 Å². The van der Waals surface area contributed by atoms with Gasteiger partial charge in [-0.1, -0.05) is 29.4 Å². The lowest BCUT2D eigenvalue weighted by molar-refractivity contribution is -0.159. The van der Waals surface area contributed by atoms with Crippen molar-refractivity contribution >= 4 is 0 Å². The minimum absolute atomic E-state index is 0.122. The van der Waals surface area contributed by atoms with Crippen LogP contribution in [0.2, 0.25) is 0 Å². The second-order valence-corrected chi connectivity index (χ2v) is 4.93. The van der Waals surface area contributed by atoms with Gasteiger partial charge in [0.2, 0.25) is 5.82 Å². The van der Waals surface area contributed by atoms with Crippen LogP contribution < -0.4 is 5.56 Å². The maximum Gasteiger partial charge on any atom is 0.471 e. The second-order valence-electron chi connectivity index (χ2n) is 4.93. The Morgan fingerprint density at radius 1 is 1.08 bits per heavy atom. The highest BCUT2D eigenvalue weighted by Crippen LogP contribution is 2.29. The lowest BCUT2D eigenvalue weighted by Crippen LogP contribution is -2.19. The quantitative estimate of drug-likeness (QED) is 0.688. The first-order chi connectivity index (χ1) is 11.3. The molecule has 24 heavy (non-hydrogen) atoms. The van der Waals surface area contributed by atoms with Crippen LogP contribution in [0.1, 0.15) is 11.5 Å². The van der Waals surface area contributed by atoms with Crippen LogP contribution in [-0.2, 0) is 12.7 Å². The molecule has 3 aromatic rings. The highest BCUT2D eigenvalue weighted by Gasteiger charge is 2.38. The van der Waals surface area contributed by atoms with E-state index in [1.54, 1.807) is 12.1 Å². The van der Waals surface area contributed by atoms with Crippen LogP contribution in [0.25, 0.3) is 11.4 Å². The van der Waals surface area contributed by atoms with E-state index in [2.05, 4.69) is 14.7 Å². The fourth-order valence-electron chi connectivity index (χ4n) is 2.04. The van der Waals surface area contributed by atoms with Crippen LogP contribution in [0.15, 0.2) is 51.9 Å². The Kier molecular flexibility index (Phi) is 3.92. The maximum absolute atomic E-state index is 13.2. The van der Waals surface area contributed by atoms with E-state index in [4.69, 9.17) is 0 Å². The summed E-state index contributed by atoms with van der Waals surface area (Å²) in [7, 11) is 0. The lowest BCUT2D eigenvalue weighted by Gasteiger charge is -2.06. The van der Waals surface area contributed by atoms with Crippen molar-refractivity contribution < 1.29 is 22.1 Å². The minimum Gasteiger partial charge on any atom is -0.329 e. The van der Waals surface area contributed by atoms with E-state index < -0.39 is 17.9 Å². The zero-order valence-corrected chi connectivity index (χ0v) is 11.9.